The van der Waals surface area contributed by atoms with E-state index in [4.69, 9.17) is 0 Å². The summed E-state index contributed by atoms with van der Waals surface area (Å²) in [4.78, 5) is 26.2. The molecule has 1 aliphatic heterocycles. The molecule has 0 aromatic carbocycles. The van der Waals surface area contributed by atoms with Gasteiger partial charge in [0.05, 0.1) is 5.92 Å². The van der Waals surface area contributed by atoms with Crippen LogP contribution in [0.4, 0.5) is 0 Å². The smallest absolute Gasteiger partial charge is 0.250 e. The van der Waals surface area contributed by atoms with Crippen molar-refractivity contribution in [3.8, 4) is 0 Å². The Kier molecular flexibility index (Phi) is 5.77. The molecule has 0 spiro atoms. The molecule has 1 unspecified atom stereocenters. The van der Waals surface area contributed by atoms with E-state index < -0.39 is 0 Å². The number of likely N-dealkylation sites (tertiary alicyclic amines) is 1. The number of amides is 1. The molecule has 1 aromatic heterocycles. The van der Waals surface area contributed by atoms with E-state index in [0.29, 0.717) is 5.92 Å². The summed E-state index contributed by atoms with van der Waals surface area (Å²) in [6.07, 6.45) is 3.79. The fourth-order valence-electron chi connectivity index (χ4n) is 2.81. The van der Waals surface area contributed by atoms with Gasteiger partial charge in [0.25, 0.3) is 5.56 Å². The first-order chi connectivity index (χ1) is 10.5. The first-order valence-corrected chi connectivity index (χ1v) is 8.11. The predicted octanol–water partition coefficient (Wildman–Crippen LogP) is 1.37. The van der Waals surface area contributed by atoms with E-state index in [1.54, 1.807) is 23.9 Å². The molecule has 0 saturated carbocycles. The molecule has 1 aliphatic rings. The van der Waals surface area contributed by atoms with Crippen LogP contribution in [0.5, 0.6) is 0 Å². The zero-order valence-electron chi connectivity index (χ0n) is 13.8. The highest BCUT2D eigenvalue weighted by Gasteiger charge is 2.25. The third-order valence-electron chi connectivity index (χ3n) is 4.14. The van der Waals surface area contributed by atoms with Gasteiger partial charge in [-0.25, -0.2) is 0 Å². The van der Waals surface area contributed by atoms with Gasteiger partial charge < -0.3 is 9.88 Å². The maximum atomic E-state index is 12.2. The quantitative estimate of drug-likeness (QED) is 0.894. The molecule has 5 heteroatoms. The van der Waals surface area contributed by atoms with E-state index in [9.17, 15) is 9.59 Å². The molecule has 122 valence electrons. The summed E-state index contributed by atoms with van der Waals surface area (Å²) in [5, 5.41) is 3.03. The van der Waals surface area contributed by atoms with E-state index in [2.05, 4.69) is 24.1 Å². The van der Waals surface area contributed by atoms with Crippen molar-refractivity contribution in [2.24, 2.45) is 18.9 Å². The average Bonchev–Trinajstić information content (AvgIpc) is 2.49. The number of carbonyl (C=O) groups excluding carboxylic acids is 1. The minimum atomic E-state index is 0.0146. The molecule has 1 aromatic rings. The first kappa shape index (κ1) is 16.7. The fourth-order valence-corrected chi connectivity index (χ4v) is 2.81. The van der Waals surface area contributed by atoms with Crippen molar-refractivity contribution in [3.05, 3.63) is 34.2 Å². The van der Waals surface area contributed by atoms with Crippen molar-refractivity contribution in [2.75, 3.05) is 19.6 Å². The average molecular weight is 305 g/mol. The Hall–Kier alpha value is -1.62. The van der Waals surface area contributed by atoms with Crippen molar-refractivity contribution in [1.29, 1.82) is 0 Å². The molecule has 2 rings (SSSR count). The lowest BCUT2D eigenvalue weighted by Gasteiger charge is -2.32. The Morgan fingerprint density at radius 1 is 1.45 bits per heavy atom. The van der Waals surface area contributed by atoms with Crippen LogP contribution in [0.15, 0.2) is 23.1 Å². The van der Waals surface area contributed by atoms with Gasteiger partial charge >= 0.3 is 0 Å². The Morgan fingerprint density at radius 3 is 2.91 bits per heavy atom. The van der Waals surface area contributed by atoms with Crippen LogP contribution in [0.25, 0.3) is 0 Å². The number of hydrogen-bond acceptors (Lipinski definition) is 3. The second-order valence-electron chi connectivity index (χ2n) is 6.70. The predicted molar refractivity (Wildman–Crippen MR) is 87.5 cm³/mol. The molecule has 0 aliphatic carbocycles. The lowest BCUT2D eigenvalue weighted by Crippen LogP contribution is -2.43. The van der Waals surface area contributed by atoms with E-state index in [0.717, 1.165) is 44.6 Å². The monoisotopic (exact) mass is 305 g/mol. The molecule has 0 radical (unpaired) electrons. The highest BCUT2D eigenvalue weighted by Crippen LogP contribution is 2.18. The Bertz CT molecular complexity index is 565. The molecule has 0 bridgehead atoms. The molecule has 22 heavy (non-hydrogen) atoms. The fraction of sp³-hybridized carbons (Fsp3) is 0.647. The van der Waals surface area contributed by atoms with E-state index in [1.165, 1.54) is 0 Å². The van der Waals surface area contributed by atoms with Crippen LogP contribution >= 0.6 is 0 Å². The summed E-state index contributed by atoms with van der Waals surface area (Å²) < 4.78 is 1.57. The number of aromatic nitrogens is 1. The van der Waals surface area contributed by atoms with Gasteiger partial charge in [0.2, 0.25) is 5.91 Å². The van der Waals surface area contributed by atoms with E-state index in [-0.39, 0.29) is 17.4 Å². The molecule has 1 atom stereocenters. The van der Waals surface area contributed by atoms with Gasteiger partial charge in [0.15, 0.2) is 0 Å². The second-order valence-corrected chi connectivity index (χ2v) is 6.70. The van der Waals surface area contributed by atoms with Gasteiger partial charge in [-0.15, -0.1) is 0 Å². The normalized spacial score (nSPS) is 19.4. The number of nitrogens with zero attached hydrogens (tertiary/aromatic N) is 2. The van der Waals surface area contributed by atoms with Gasteiger partial charge in [-0.1, -0.05) is 13.8 Å². The third-order valence-corrected chi connectivity index (χ3v) is 4.14. The zero-order chi connectivity index (χ0) is 16.1. The molecule has 1 saturated heterocycles. The second kappa shape index (κ2) is 7.58. The molecule has 1 fully saturated rings. The summed E-state index contributed by atoms with van der Waals surface area (Å²) in [5.74, 6) is 0.714. The minimum absolute atomic E-state index is 0.0146. The minimum Gasteiger partial charge on any atom is -0.356 e. The highest BCUT2D eigenvalue weighted by atomic mass is 16.2. The van der Waals surface area contributed by atoms with Gasteiger partial charge in [0, 0.05) is 38.9 Å². The number of rotatable bonds is 5. The summed E-state index contributed by atoms with van der Waals surface area (Å²) in [6, 6.07) is 3.66. The van der Waals surface area contributed by atoms with Gasteiger partial charge in [-0.05, 0) is 36.9 Å². The Labute approximate surface area is 132 Å². The molecule has 2 heterocycles. The highest BCUT2D eigenvalue weighted by molar-refractivity contribution is 5.78. The van der Waals surface area contributed by atoms with Crippen LogP contribution in [0.1, 0.15) is 32.3 Å². The number of piperidine rings is 1. The summed E-state index contributed by atoms with van der Waals surface area (Å²) in [5.41, 5.74) is 1.03. The van der Waals surface area contributed by atoms with Crippen molar-refractivity contribution >= 4 is 5.91 Å². The maximum Gasteiger partial charge on any atom is 0.250 e. The van der Waals surface area contributed by atoms with Crippen LogP contribution in [0.3, 0.4) is 0 Å². The molecule has 1 amide bonds. The maximum absolute atomic E-state index is 12.2. The Morgan fingerprint density at radius 2 is 2.23 bits per heavy atom. The molecule has 1 N–H and O–H groups in total. The topological polar surface area (TPSA) is 54.3 Å². The number of pyridine rings is 1. The van der Waals surface area contributed by atoms with Gasteiger partial charge in [0.1, 0.15) is 0 Å². The molecular formula is C17H27N3O2. The van der Waals surface area contributed by atoms with Gasteiger partial charge in [-0.3, -0.25) is 14.5 Å². The van der Waals surface area contributed by atoms with Crippen LogP contribution < -0.4 is 10.9 Å². The van der Waals surface area contributed by atoms with Crippen LogP contribution in [-0.2, 0) is 18.4 Å². The summed E-state index contributed by atoms with van der Waals surface area (Å²) in [6.45, 7) is 7.45. The van der Waals surface area contributed by atoms with E-state index >= 15 is 0 Å². The number of carbonyl (C=O) groups is 1. The largest absolute Gasteiger partial charge is 0.356 e. The third kappa shape index (κ3) is 4.70. The first-order valence-electron chi connectivity index (χ1n) is 8.11. The van der Waals surface area contributed by atoms with Crippen molar-refractivity contribution in [1.82, 2.24) is 14.8 Å². The number of nitrogens with one attached hydrogen (secondary N) is 1. The Balaban J connectivity index is 1.91. The van der Waals surface area contributed by atoms with Gasteiger partial charge in [-0.2, -0.15) is 0 Å². The summed E-state index contributed by atoms with van der Waals surface area (Å²) in [7, 11) is 1.75. The van der Waals surface area contributed by atoms with Crippen molar-refractivity contribution < 1.29 is 4.79 Å². The standard InChI is InChI=1S/C17H27N3O2/c1-13(2)10-18-17(22)15-5-4-7-20(12-15)11-14-6-8-19(3)16(21)9-14/h6,8-9,13,15H,4-5,7,10-12H2,1-3H3,(H,18,22). The number of aryl methyl sites for hydroxylation is 1. The van der Waals surface area contributed by atoms with Crippen molar-refractivity contribution in [2.45, 2.75) is 33.2 Å². The molecule has 5 nitrogen and oxygen atoms in total. The van der Waals surface area contributed by atoms with Crippen LogP contribution in [0.2, 0.25) is 0 Å². The van der Waals surface area contributed by atoms with Crippen LogP contribution in [0, 0.1) is 11.8 Å². The van der Waals surface area contributed by atoms with Crippen LogP contribution in [-0.4, -0.2) is 35.0 Å². The SMILES string of the molecule is CC(C)CNC(=O)C1CCCN(Cc2ccn(C)c(=O)c2)C1. The lowest BCUT2D eigenvalue weighted by molar-refractivity contribution is -0.126. The lowest BCUT2D eigenvalue weighted by atomic mass is 9.96. The molecular weight excluding hydrogens is 278 g/mol. The van der Waals surface area contributed by atoms with Crippen molar-refractivity contribution in [3.63, 3.8) is 0 Å². The summed E-state index contributed by atoms with van der Waals surface area (Å²) >= 11 is 0. The zero-order valence-corrected chi connectivity index (χ0v) is 13.8. The number of hydrogen-bond donors (Lipinski definition) is 1. The van der Waals surface area contributed by atoms with E-state index in [1.807, 2.05) is 6.07 Å².